The van der Waals surface area contributed by atoms with E-state index in [1.807, 2.05) is 0 Å². The number of hydrogen-bond donors (Lipinski definition) is 1. The molecule has 24 heavy (non-hydrogen) atoms. The molecule has 6 nitrogen and oxygen atoms in total. The third-order valence-electron chi connectivity index (χ3n) is 4.68. The molecule has 0 spiro atoms. The molecule has 1 saturated carbocycles. The summed E-state index contributed by atoms with van der Waals surface area (Å²) in [6.45, 7) is 2.05. The minimum atomic E-state index is -0.00529. The van der Waals surface area contributed by atoms with E-state index in [4.69, 9.17) is 11.6 Å². The van der Waals surface area contributed by atoms with Gasteiger partial charge >= 0.3 is 0 Å². The van der Waals surface area contributed by atoms with Crippen molar-refractivity contribution >= 4 is 23.2 Å². The number of hydrogen-bond acceptors (Lipinski definition) is 4. The average Bonchev–Trinajstić information content (AvgIpc) is 3.06. The number of nitrogens with zero attached hydrogens (tertiary/aromatic N) is 4. The number of amides is 1. The molecule has 0 radical (unpaired) electrons. The molecule has 1 amide bonds. The molecular formula is C17H20ClN5O. The zero-order valence-corrected chi connectivity index (χ0v) is 14.1. The molecule has 1 aliphatic carbocycles. The SMILES string of the molecule is O=C(Nc1cnn(-c2ncccc2Cl)c1)[C@@H](C1CC1)N1CCCC1. The van der Waals surface area contributed by atoms with Gasteiger partial charge in [0.25, 0.3) is 0 Å². The molecule has 1 atom stereocenters. The van der Waals surface area contributed by atoms with Gasteiger partial charge < -0.3 is 5.32 Å². The maximum Gasteiger partial charge on any atom is 0.242 e. The number of aromatic nitrogens is 3. The van der Waals surface area contributed by atoms with E-state index >= 15 is 0 Å². The van der Waals surface area contributed by atoms with Crippen LogP contribution >= 0.6 is 11.6 Å². The quantitative estimate of drug-likeness (QED) is 0.905. The normalized spacial score (nSPS) is 19.4. The summed E-state index contributed by atoms with van der Waals surface area (Å²) < 4.78 is 1.58. The van der Waals surface area contributed by atoms with E-state index in [2.05, 4.69) is 20.3 Å². The van der Waals surface area contributed by atoms with Crippen LogP contribution in [0.5, 0.6) is 0 Å². The molecule has 2 aliphatic rings. The molecular weight excluding hydrogens is 326 g/mol. The molecule has 4 rings (SSSR count). The number of pyridine rings is 1. The van der Waals surface area contributed by atoms with Gasteiger partial charge in [-0.15, -0.1) is 0 Å². The van der Waals surface area contributed by atoms with Crippen LogP contribution in [0.4, 0.5) is 5.69 Å². The Morgan fingerprint density at radius 3 is 2.83 bits per heavy atom. The highest BCUT2D eigenvalue weighted by molar-refractivity contribution is 6.32. The second-order valence-corrected chi connectivity index (χ2v) is 6.90. The summed E-state index contributed by atoms with van der Waals surface area (Å²) in [6, 6.07) is 3.53. The molecule has 1 N–H and O–H groups in total. The van der Waals surface area contributed by atoms with Gasteiger partial charge in [0.05, 0.1) is 29.1 Å². The van der Waals surface area contributed by atoms with Gasteiger partial charge in [-0.05, 0) is 56.8 Å². The maximum absolute atomic E-state index is 12.8. The first-order chi connectivity index (χ1) is 11.7. The van der Waals surface area contributed by atoms with E-state index in [0.29, 0.717) is 22.4 Å². The zero-order chi connectivity index (χ0) is 16.5. The van der Waals surface area contributed by atoms with Crippen LogP contribution in [0.3, 0.4) is 0 Å². The van der Waals surface area contributed by atoms with Crippen molar-refractivity contribution < 1.29 is 4.79 Å². The predicted octanol–water partition coefficient (Wildman–Crippen LogP) is 2.73. The van der Waals surface area contributed by atoms with Crippen LogP contribution in [0.25, 0.3) is 5.82 Å². The van der Waals surface area contributed by atoms with Crippen molar-refractivity contribution in [2.24, 2.45) is 5.92 Å². The standard InChI is InChI=1S/C17H20ClN5O/c18-14-4-3-7-19-16(14)23-11-13(10-20-23)21-17(24)15(12-5-6-12)22-8-1-2-9-22/h3-4,7,10-12,15H,1-2,5-6,8-9H2,(H,21,24)/t15-/m1/s1. The Balaban J connectivity index is 1.49. The van der Waals surface area contributed by atoms with Crippen molar-refractivity contribution in [1.82, 2.24) is 19.7 Å². The van der Waals surface area contributed by atoms with E-state index in [1.165, 1.54) is 12.8 Å². The molecule has 0 bridgehead atoms. The van der Waals surface area contributed by atoms with Crippen LogP contribution in [0.15, 0.2) is 30.7 Å². The van der Waals surface area contributed by atoms with Crippen LogP contribution in [0.2, 0.25) is 5.02 Å². The van der Waals surface area contributed by atoms with Crippen LogP contribution in [-0.4, -0.2) is 44.7 Å². The zero-order valence-electron chi connectivity index (χ0n) is 13.4. The minimum Gasteiger partial charge on any atom is -0.322 e. The van der Waals surface area contributed by atoms with E-state index in [9.17, 15) is 4.79 Å². The van der Waals surface area contributed by atoms with E-state index in [-0.39, 0.29) is 11.9 Å². The predicted molar refractivity (Wildman–Crippen MR) is 92.3 cm³/mol. The van der Waals surface area contributed by atoms with Gasteiger partial charge in [0.2, 0.25) is 5.91 Å². The lowest BCUT2D eigenvalue weighted by atomic mass is 10.1. The topological polar surface area (TPSA) is 63.1 Å². The van der Waals surface area contributed by atoms with Gasteiger partial charge in [0.15, 0.2) is 5.82 Å². The molecule has 0 aromatic carbocycles. The molecule has 1 saturated heterocycles. The van der Waals surface area contributed by atoms with Gasteiger partial charge in [-0.3, -0.25) is 9.69 Å². The van der Waals surface area contributed by atoms with Gasteiger partial charge in [0, 0.05) is 6.20 Å². The first kappa shape index (κ1) is 15.6. The second-order valence-electron chi connectivity index (χ2n) is 6.50. The summed E-state index contributed by atoms with van der Waals surface area (Å²) in [7, 11) is 0. The van der Waals surface area contributed by atoms with Crippen LogP contribution < -0.4 is 5.32 Å². The van der Waals surface area contributed by atoms with Gasteiger partial charge in [-0.25, -0.2) is 9.67 Å². The molecule has 0 unspecified atom stereocenters. The van der Waals surface area contributed by atoms with Crippen molar-refractivity contribution in [3.63, 3.8) is 0 Å². The summed E-state index contributed by atoms with van der Waals surface area (Å²) in [5.74, 6) is 1.13. The van der Waals surface area contributed by atoms with Crippen LogP contribution in [0, 0.1) is 5.92 Å². The fourth-order valence-electron chi connectivity index (χ4n) is 3.38. The summed E-state index contributed by atoms with van der Waals surface area (Å²) in [6.07, 6.45) is 9.72. The summed E-state index contributed by atoms with van der Waals surface area (Å²) in [4.78, 5) is 19.3. The van der Waals surface area contributed by atoms with E-state index < -0.39 is 0 Å². The summed E-state index contributed by atoms with van der Waals surface area (Å²) in [5.41, 5.74) is 0.673. The Morgan fingerprint density at radius 1 is 1.33 bits per heavy atom. The highest BCUT2D eigenvalue weighted by Gasteiger charge is 2.40. The number of nitrogens with one attached hydrogen (secondary N) is 1. The molecule has 126 valence electrons. The Bertz CT molecular complexity index is 736. The average molecular weight is 346 g/mol. The van der Waals surface area contributed by atoms with Crippen molar-refractivity contribution in [2.45, 2.75) is 31.7 Å². The van der Waals surface area contributed by atoms with Crippen molar-refractivity contribution in [3.8, 4) is 5.82 Å². The number of likely N-dealkylation sites (tertiary alicyclic amines) is 1. The third-order valence-corrected chi connectivity index (χ3v) is 4.97. The van der Waals surface area contributed by atoms with Crippen molar-refractivity contribution in [1.29, 1.82) is 0 Å². The van der Waals surface area contributed by atoms with E-state index in [1.54, 1.807) is 35.4 Å². The molecule has 7 heteroatoms. The Labute approximate surface area is 145 Å². The van der Waals surface area contributed by atoms with Gasteiger partial charge in [0.1, 0.15) is 0 Å². The second kappa shape index (κ2) is 6.53. The third kappa shape index (κ3) is 3.16. The monoisotopic (exact) mass is 345 g/mol. The maximum atomic E-state index is 12.8. The first-order valence-electron chi connectivity index (χ1n) is 8.43. The van der Waals surface area contributed by atoms with Gasteiger partial charge in [-0.2, -0.15) is 5.10 Å². The Morgan fingerprint density at radius 2 is 2.12 bits per heavy atom. The minimum absolute atomic E-state index is 0.00529. The molecule has 3 heterocycles. The smallest absolute Gasteiger partial charge is 0.242 e. The molecule has 2 fully saturated rings. The van der Waals surface area contributed by atoms with E-state index in [0.717, 1.165) is 25.9 Å². The number of carbonyl (C=O) groups is 1. The summed E-state index contributed by atoms with van der Waals surface area (Å²) >= 11 is 6.14. The summed E-state index contributed by atoms with van der Waals surface area (Å²) in [5, 5.41) is 7.79. The van der Waals surface area contributed by atoms with Crippen LogP contribution in [-0.2, 0) is 4.79 Å². The molecule has 1 aliphatic heterocycles. The fourth-order valence-corrected chi connectivity index (χ4v) is 3.58. The number of halogens is 1. The number of anilines is 1. The number of rotatable bonds is 5. The Kier molecular flexibility index (Phi) is 4.24. The lowest BCUT2D eigenvalue weighted by Gasteiger charge is -2.26. The molecule has 2 aromatic heterocycles. The van der Waals surface area contributed by atoms with Crippen LogP contribution in [0.1, 0.15) is 25.7 Å². The molecule has 2 aromatic rings. The lowest BCUT2D eigenvalue weighted by Crippen LogP contribution is -2.44. The first-order valence-corrected chi connectivity index (χ1v) is 8.80. The highest BCUT2D eigenvalue weighted by atomic mass is 35.5. The lowest BCUT2D eigenvalue weighted by molar-refractivity contribution is -0.121. The largest absolute Gasteiger partial charge is 0.322 e. The number of carbonyl (C=O) groups excluding carboxylic acids is 1. The highest BCUT2D eigenvalue weighted by Crippen LogP contribution is 2.37. The fraction of sp³-hybridized carbons (Fsp3) is 0.471. The van der Waals surface area contributed by atoms with Gasteiger partial charge in [-0.1, -0.05) is 11.6 Å². The Hall–Kier alpha value is -1.92. The van der Waals surface area contributed by atoms with Crippen molar-refractivity contribution in [3.05, 3.63) is 35.7 Å². The van der Waals surface area contributed by atoms with Crippen molar-refractivity contribution in [2.75, 3.05) is 18.4 Å².